The van der Waals surface area contributed by atoms with Gasteiger partial charge in [-0.15, -0.1) is 22.7 Å². The highest BCUT2D eigenvalue weighted by Crippen LogP contribution is 2.36. The Morgan fingerprint density at radius 2 is 0.804 bits per heavy atom. The van der Waals surface area contributed by atoms with E-state index in [1.54, 1.807) is 17.6 Å². The standard InChI is InChI=1S/C12H20N2.C12H20O.C11H20N2.2C11H19NO.2C11H19NS/c1-11(2,3)9-7-8-13-10(14-9)12(4,5)6;1-11(2,3)9-7-8-10(13-9)12(4,5)6;1-10(2,3)9-7-12-13(8-9)11(4,5)6;1-10(2,3)8-7-13-9(12-8)11(4,5)6;1-10(2,3)8-7-12-9(13-8)11(4,5)6;1-10(2,3)8-7-13-9(12-8)11(4,5)6;1-10(2,3)8-7-12-9(13-8)11(4,5)6/h7-8H,1-6H3;2*7-8H,1-6H3;4*7H,1-6H3. The molecule has 7 aromatic rings. The number of nitrogens with zero attached hydrogens (tertiary/aromatic N) is 8. The minimum absolute atomic E-state index is 0.00347. The van der Waals surface area contributed by atoms with Gasteiger partial charge in [-0.25, -0.2) is 29.9 Å². The summed E-state index contributed by atoms with van der Waals surface area (Å²) in [4.78, 5) is 28.2. The second kappa shape index (κ2) is 30.5. The van der Waals surface area contributed by atoms with Gasteiger partial charge in [0, 0.05) is 94.1 Å². The average Bonchev–Trinajstić information content (AvgIpc) is 1.84. The van der Waals surface area contributed by atoms with Gasteiger partial charge in [-0.3, -0.25) is 4.68 Å². The number of furan rings is 1. The number of hydrogen-bond donors (Lipinski definition) is 0. The fourth-order valence-electron chi connectivity index (χ4n) is 7.22. The normalized spacial score (nSPS) is 13.3. The summed E-state index contributed by atoms with van der Waals surface area (Å²) in [5, 5.41) is 9.02. The highest BCUT2D eigenvalue weighted by molar-refractivity contribution is 7.12. The summed E-state index contributed by atoms with van der Waals surface area (Å²) in [5.74, 6) is 5.65. The molecular formula is C79H136N8O3S2. The van der Waals surface area contributed by atoms with Crippen LogP contribution in [0.25, 0.3) is 0 Å². The molecule has 0 aliphatic heterocycles. The summed E-state index contributed by atoms with van der Waals surface area (Å²) in [7, 11) is 0. The molecule has 0 atom stereocenters. The first kappa shape index (κ1) is 85.3. The number of hydrogen-bond acceptors (Lipinski definition) is 12. The third-order valence-corrected chi connectivity index (χ3v) is 17.0. The lowest BCUT2D eigenvalue weighted by atomic mass is 9.90. The van der Waals surface area contributed by atoms with Crippen LogP contribution in [0.5, 0.6) is 0 Å². The van der Waals surface area contributed by atoms with Gasteiger partial charge in [0.25, 0.3) is 0 Å². The van der Waals surface area contributed by atoms with E-state index >= 15 is 0 Å². The maximum absolute atomic E-state index is 5.81. The molecule has 0 N–H and O–H groups in total. The lowest BCUT2D eigenvalue weighted by molar-refractivity contribution is 0.335. The molecule has 0 saturated carbocycles. The Bertz CT molecular complexity index is 2590. The van der Waals surface area contributed by atoms with Crippen LogP contribution in [0.15, 0.2) is 74.1 Å². The van der Waals surface area contributed by atoms with E-state index in [1.807, 2.05) is 46.9 Å². The van der Waals surface area contributed by atoms with Gasteiger partial charge >= 0.3 is 0 Å². The summed E-state index contributed by atoms with van der Waals surface area (Å²) in [6.45, 7) is 90.9. The van der Waals surface area contributed by atoms with Gasteiger partial charge in [0.15, 0.2) is 11.8 Å². The molecule has 92 heavy (non-hydrogen) atoms. The molecule has 11 nitrogen and oxygen atoms in total. The Kier molecular flexibility index (Phi) is 28.3. The van der Waals surface area contributed by atoms with E-state index in [-0.39, 0.29) is 75.9 Å². The summed E-state index contributed by atoms with van der Waals surface area (Å²) in [6.07, 6.45) is 11.6. The lowest BCUT2D eigenvalue weighted by Crippen LogP contribution is -2.22. The van der Waals surface area contributed by atoms with Crippen molar-refractivity contribution in [2.24, 2.45) is 0 Å². The van der Waals surface area contributed by atoms with Gasteiger partial charge in [0.05, 0.1) is 39.3 Å². The van der Waals surface area contributed by atoms with E-state index in [4.69, 9.17) is 13.3 Å². The minimum Gasteiger partial charge on any atom is -0.465 e. The van der Waals surface area contributed by atoms with Crippen LogP contribution in [-0.4, -0.2) is 39.7 Å². The summed E-state index contributed by atoms with van der Waals surface area (Å²) < 4.78 is 19.0. The zero-order chi connectivity index (χ0) is 72.6. The smallest absolute Gasteiger partial charge is 0.199 e. The second-order valence-corrected chi connectivity index (χ2v) is 41.0. The fourth-order valence-corrected chi connectivity index (χ4v) is 9.38. The predicted molar refractivity (Wildman–Crippen MR) is 398 cm³/mol. The zero-order valence-electron chi connectivity index (χ0n) is 66.9. The van der Waals surface area contributed by atoms with E-state index in [0.717, 1.165) is 46.3 Å². The maximum Gasteiger partial charge on any atom is 0.199 e. The maximum atomic E-state index is 5.81. The molecule has 0 aromatic carbocycles. The molecule has 0 radical (unpaired) electrons. The van der Waals surface area contributed by atoms with Gasteiger partial charge in [-0.2, -0.15) is 5.10 Å². The van der Waals surface area contributed by atoms with Gasteiger partial charge in [0.1, 0.15) is 29.4 Å². The van der Waals surface area contributed by atoms with E-state index in [0.29, 0.717) is 0 Å². The quantitative estimate of drug-likeness (QED) is 0.144. The molecule has 0 aliphatic rings. The van der Waals surface area contributed by atoms with Crippen LogP contribution in [0.2, 0.25) is 0 Å². The van der Waals surface area contributed by atoms with E-state index in [1.165, 1.54) is 26.1 Å². The molecule has 0 saturated heterocycles. The molecule has 0 aliphatic carbocycles. The first-order valence-corrected chi connectivity index (χ1v) is 35.0. The van der Waals surface area contributed by atoms with Crippen LogP contribution >= 0.6 is 22.7 Å². The third-order valence-electron chi connectivity index (χ3n) is 13.9. The van der Waals surface area contributed by atoms with E-state index in [2.05, 4.69) is 350 Å². The highest BCUT2D eigenvalue weighted by Gasteiger charge is 2.29. The van der Waals surface area contributed by atoms with Gasteiger partial charge in [-0.05, 0) is 55.4 Å². The second-order valence-electron chi connectivity index (χ2n) is 39.2. The molecule has 0 amide bonds. The average molecular weight is 1310 g/mol. The molecule has 7 heterocycles. The Hall–Kier alpha value is -4.75. The van der Waals surface area contributed by atoms with Crippen molar-refractivity contribution in [3.8, 4) is 0 Å². The van der Waals surface area contributed by atoms with Gasteiger partial charge < -0.3 is 13.3 Å². The molecular weight excluding hydrogens is 1170 g/mol. The van der Waals surface area contributed by atoms with Crippen LogP contribution in [0.1, 0.15) is 363 Å². The number of rotatable bonds is 0. The van der Waals surface area contributed by atoms with E-state index in [9.17, 15) is 0 Å². The molecule has 7 rings (SSSR count). The van der Waals surface area contributed by atoms with Gasteiger partial charge in [-0.1, -0.05) is 270 Å². The lowest BCUT2D eigenvalue weighted by Gasteiger charge is -2.22. The number of oxazole rings is 2. The molecule has 0 bridgehead atoms. The molecule has 522 valence electrons. The van der Waals surface area contributed by atoms with Crippen molar-refractivity contribution in [2.45, 2.75) is 367 Å². The Morgan fingerprint density at radius 1 is 0.348 bits per heavy atom. The Morgan fingerprint density at radius 3 is 1.05 bits per heavy atom. The Balaban J connectivity index is 0.000000537. The van der Waals surface area contributed by atoms with Crippen LogP contribution in [0.3, 0.4) is 0 Å². The number of aromatic nitrogens is 8. The third kappa shape index (κ3) is 29.5. The molecule has 0 unspecified atom stereocenters. The predicted octanol–water partition coefficient (Wildman–Crippen LogP) is 23.9. The van der Waals surface area contributed by atoms with Crippen molar-refractivity contribution < 1.29 is 13.3 Å². The van der Waals surface area contributed by atoms with Crippen LogP contribution in [-0.2, 0) is 75.9 Å². The van der Waals surface area contributed by atoms with Crippen molar-refractivity contribution in [3.63, 3.8) is 0 Å². The zero-order valence-corrected chi connectivity index (χ0v) is 68.5. The monoisotopic (exact) mass is 1310 g/mol. The van der Waals surface area contributed by atoms with Crippen LogP contribution in [0, 0.1) is 0 Å². The van der Waals surface area contributed by atoms with Crippen molar-refractivity contribution in [3.05, 3.63) is 133 Å². The minimum atomic E-state index is 0.00347. The molecule has 0 fully saturated rings. The molecule has 13 heteroatoms. The summed E-state index contributed by atoms with van der Waals surface area (Å²) in [5.41, 5.74) is 6.21. The van der Waals surface area contributed by atoms with Crippen LogP contribution < -0.4 is 0 Å². The van der Waals surface area contributed by atoms with Gasteiger partial charge in [0.2, 0.25) is 0 Å². The first-order valence-electron chi connectivity index (χ1n) is 33.3. The summed E-state index contributed by atoms with van der Waals surface area (Å²) in [6, 6.07) is 6.16. The van der Waals surface area contributed by atoms with E-state index < -0.39 is 0 Å². The number of thiazole rings is 2. The molecule has 0 spiro atoms. The largest absolute Gasteiger partial charge is 0.465 e. The highest BCUT2D eigenvalue weighted by atomic mass is 32.1. The van der Waals surface area contributed by atoms with Crippen LogP contribution in [0.4, 0.5) is 0 Å². The Labute approximate surface area is 572 Å². The first-order chi connectivity index (χ1) is 40.5. The van der Waals surface area contributed by atoms with Crippen molar-refractivity contribution in [1.29, 1.82) is 0 Å². The molecule has 7 aromatic heterocycles. The van der Waals surface area contributed by atoms with Crippen molar-refractivity contribution in [1.82, 2.24) is 39.7 Å². The topological polar surface area (TPSA) is 135 Å². The summed E-state index contributed by atoms with van der Waals surface area (Å²) >= 11 is 3.61. The fraction of sp³-hybridized carbons (Fsp3) is 0.709. The van der Waals surface area contributed by atoms with Crippen molar-refractivity contribution >= 4 is 22.7 Å². The SMILES string of the molecule is CC(C)(C)c1ccc(C(C)(C)C)o1.CC(C)(C)c1ccnc(C(C)(C)C)n1.CC(C)(C)c1cnc(C(C)(C)C)o1.CC(C)(C)c1cnc(C(C)(C)C)s1.CC(C)(C)c1cnn(C(C)(C)C)c1.CC(C)(C)c1coc(C(C)(C)C)n1.CC(C)(C)c1csc(C(C)(C)C)n1. The van der Waals surface area contributed by atoms with Crippen molar-refractivity contribution in [2.75, 3.05) is 0 Å².